The van der Waals surface area contributed by atoms with Gasteiger partial charge in [0.05, 0.1) is 23.7 Å². The van der Waals surface area contributed by atoms with Crippen molar-refractivity contribution in [1.29, 1.82) is 0 Å². The van der Waals surface area contributed by atoms with Gasteiger partial charge in [0.25, 0.3) is 0 Å². The maximum atomic E-state index is 12.5. The Balaban J connectivity index is 2.08. The molecule has 1 aliphatic carbocycles. The molecule has 1 N–H and O–H groups in total. The highest BCUT2D eigenvalue weighted by Crippen LogP contribution is 2.33. The van der Waals surface area contributed by atoms with Crippen LogP contribution in [0, 0.1) is 5.92 Å². The molecule has 1 fully saturated rings. The zero-order chi connectivity index (χ0) is 16.2. The third-order valence-corrected chi connectivity index (χ3v) is 6.07. The predicted octanol–water partition coefficient (Wildman–Crippen LogP) is 2.94. The van der Waals surface area contributed by atoms with Crippen LogP contribution in [0.3, 0.4) is 0 Å². The molecule has 0 heterocycles. The van der Waals surface area contributed by atoms with Crippen molar-refractivity contribution in [2.45, 2.75) is 50.9 Å². The minimum atomic E-state index is -3.38. The average molecular weight is 326 g/mol. The van der Waals surface area contributed by atoms with Crippen LogP contribution in [0.2, 0.25) is 0 Å². The topological polar surface area (TPSA) is 63.6 Å². The molecule has 4 nitrogen and oxygen atoms in total. The lowest BCUT2D eigenvalue weighted by Gasteiger charge is -2.34. The van der Waals surface area contributed by atoms with Crippen LogP contribution in [-0.4, -0.2) is 31.5 Å². The summed E-state index contributed by atoms with van der Waals surface area (Å²) in [5.41, 5.74) is -0.400. The average Bonchev–Trinajstić information content (AvgIpc) is 2.44. The molecule has 0 unspecified atom stereocenters. The monoisotopic (exact) mass is 326 g/mol. The first kappa shape index (κ1) is 17.3. The van der Waals surface area contributed by atoms with Gasteiger partial charge in [-0.15, -0.1) is 0 Å². The standard InChI is InChI=1S/C17H26O4S/c1-3-21-16-7-5-4-6-15(16)12-22(19,20)13-17(18)10-8-14(2)9-11-17/h4-7,14,18H,3,8-13H2,1-2H3. The van der Waals surface area contributed by atoms with Gasteiger partial charge in [0.1, 0.15) is 5.75 Å². The summed E-state index contributed by atoms with van der Waals surface area (Å²) in [6.45, 7) is 4.52. The number of ether oxygens (including phenoxy) is 1. The Kier molecular flexibility index (Phi) is 5.50. The summed E-state index contributed by atoms with van der Waals surface area (Å²) in [5.74, 6) is 0.938. The largest absolute Gasteiger partial charge is 0.494 e. The lowest BCUT2D eigenvalue weighted by Crippen LogP contribution is -2.40. The fourth-order valence-electron chi connectivity index (χ4n) is 3.06. The molecule has 0 amide bonds. The Labute approximate surface area is 133 Å². The molecule has 1 aliphatic rings. The zero-order valence-electron chi connectivity index (χ0n) is 13.4. The van der Waals surface area contributed by atoms with E-state index in [1.54, 1.807) is 12.1 Å². The van der Waals surface area contributed by atoms with Gasteiger partial charge < -0.3 is 9.84 Å². The Morgan fingerprint density at radius 2 is 1.91 bits per heavy atom. The molecule has 2 rings (SSSR count). The Bertz CT molecular complexity index is 586. The van der Waals surface area contributed by atoms with Crippen molar-refractivity contribution in [1.82, 2.24) is 0 Å². The third kappa shape index (κ3) is 4.71. The van der Waals surface area contributed by atoms with Gasteiger partial charge in [0.15, 0.2) is 9.84 Å². The summed E-state index contributed by atoms with van der Waals surface area (Å²) < 4.78 is 30.5. The lowest BCUT2D eigenvalue weighted by atomic mass is 9.81. The van der Waals surface area contributed by atoms with E-state index in [1.807, 2.05) is 19.1 Å². The van der Waals surface area contributed by atoms with Crippen molar-refractivity contribution < 1.29 is 18.3 Å². The van der Waals surface area contributed by atoms with Gasteiger partial charge in [0, 0.05) is 5.56 Å². The van der Waals surface area contributed by atoms with Crippen molar-refractivity contribution >= 4 is 9.84 Å². The van der Waals surface area contributed by atoms with E-state index in [4.69, 9.17) is 4.74 Å². The van der Waals surface area contributed by atoms with Gasteiger partial charge in [-0.2, -0.15) is 0 Å². The van der Waals surface area contributed by atoms with Crippen LogP contribution < -0.4 is 4.74 Å². The molecule has 0 spiro atoms. The number of sulfone groups is 1. The highest BCUT2D eigenvalue weighted by atomic mass is 32.2. The van der Waals surface area contributed by atoms with Crippen molar-refractivity contribution in [3.05, 3.63) is 29.8 Å². The number of hydrogen-bond acceptors (Lipinski definition) is 4. The van der Waals surface area contributed by atoms with Crippen LogP contribution in [0.5, 0.6) is 5.75 Å². The minimum absolute atomic E-state index is 0.0823. The summed E-state index contributed by atoms with van der Waals surface area (Å²) in [4.78, 5) is 0. The normalized spacial score (nSPS) is 25.9. The summed E-state index contributed by atoms with van der Waals surface area (Å²) in [6.07, 6.45) is 2.92. The van der Waals surface area contributed by atoms with Crippen LogP contribution >= 0.6 is 0 Å². The second-order valence-corrected chi connectivity index (χ2v) is 8.54. The summed E-state index contributed by atoms with van der Waals surface area (Å²) >= 11 is 0. The number of rotatable bonds is 6. The van der Waals surface area contributed by atoms with E-state index in [0.717, 1.165) is 12.8 Å². The molecule has 0 saturated heterocycles. The second-order valence-electron chi connectivity index (χ2n) is 6.48. The molecule has 1 saturated carbocycles. The van der Waals surface area contributed by atoms with Gasteiger partial charge in [-0.05, 0) is 44.6 Å². The van der Waals surface area contributed by atoms with Gasteiger partial charge in [-0.25, -0.2) is 8.42 Å². The summed E-state index contributed by atoms with van der Waals surface area (Å²) in [7, 11) is -3.38. The second kappa shape index (κ2) is 7.01. The molecule has 22 heavy (non-hydrogen) atoms. The van der Waals surface area contributed by atoms with E-state index in [9.17, 15) is 13.5 Å². The van der Waals surface area contributed by atoms with Crippen molar-refractivity contribution in [3.63, 3.8) is 0 Å². The van der Waals surface area contributed by atoms with E-state index in [1.165, 1.54) is 0 Å². The van der Waals surface area contributed by atoms with Crippen LogP contribution in [-0.2, 0) is 15.6 Å². The highest BCUT2D eigenvalue weighted by Gasteiger charge is 2.36. The molecular weight excluding hydrogens is 300 g/mol. The van der Waals surface area contributed by atoms with E-state index < -0.39 is 15.4 Å². The van der Waals surface area contributed by atoms with Gasteiger partial charge >= 0.3 is 0 Å². The van der Waals surface area contributed by atoms with Crippen LogP contribution in [0.1, 0.15) is 45.1 Å². The Hall–Kier alpha value is -1.07. The van der Waals surface area contributed by atoms with Gasteiger partial charge in [-0.1, -0.05) is 25.1 Å². The lowest BCUT2D eigenvalue weighted by molar-refractivity contribution is 0.0135. The molecule has 124 valence electrons. The molecule has 0 aliphatic heterocycles. The van der Waals surface area contributed by atoms with E-state index in [0.29, 0.717) is 36.7 Å². The quantitative estimate of drug-likeness (QED) is 0.873. The zero-order valence-corrected chi connectivity index (χ0v) is 14.2. The molecule has 1 aromatic carbocycles. The fourth-order valence-corrected chi connectivity index (χ4v) is 4.98. The van der Waals surface area contributed by atoms with Crippen molar-refractivity contribution in [2.24, 2.45) is 5.92 Å². The molecule has 1 aromatic rings. The first-order valence-electron chi connectivity index (χ1n) is 7.97. The highest BCUT2D eigenvalue weighted by molar-refractivity contribution is 7.90. The first-order chi connectivity index (χ1) is 10.3. The molecule has 0 radical (unpaired) electrons. The molecule has 0 aromatic heterocycles. The van der Waals surface area contributed by atoms with Crippen LogP contribution in [0.4, 0.5) is 0 Å². The van der Waals surface area contributed by atoms with Crippen LogP contribution in [0.25, 0.3) is 0 Å². The van der Waals surface area contributed by atoms with Crippen LogP contribution in [0.15, 0.2) is 24.3 Å². The summed E-state index contributed by atoms with van der Waals surface area (Å²) in [6, 6.07) is 7.20. The van der Waals surface area contributed by atoms with E-state index >= 15 is 0 Å². The van der Waals surface area contributed by atoms with Gasteiger partial charge in [-0.3, -0.25) is 0 Å². The summed E-state index contributed by atoms with van der Waals surface area (Å²) in [5, 5.41) is 10.6. The minimum Gasteiger partial charge on any atom is -0.494 e. The Morgan fingerprint density at radius 3 is 2.55 bits per heavy atom. The smallest absolute Gasteiger partial charge is 0.157 e. The first-order valence-corrected chi connectivity index (χ1v) is 9.79. The molecule has 5 heteroatoms. The number of benzene rings is 1. The van der Waals surface area contributed by atoms with E-state index in [-0.39, 0.29) is 11.5 Å². The third-order valence-electron chi connectivity index (χ3n) is 4.34. The SMILES string of the molecule is CCOc1ccccc1CS(=O)(=O)CC1(O)CCC(C)CC1. The number of para-hydroxylation sites is 1. The molecule has 0 atom stereocenters. The maximum absolute atomic E-state index is 12.5. The van der Waals surface area contributed by atoms with Gasteiger partial charge in [0.2, 0.25) is 0 Å². The molecule has 0 bridgehead atoms. The predicted molar refractivity (Wildman–Crippen MR) is 87.7 cm³/mol. The fraction of sp³-hybridized carbons (Fsp3) is 0.647. The van der Waals surface area contributed by atoms with Crippen molar-refractivity contribution in [2.75, 3.05) is 12.4 Å². The number of aliphatic hydroxyl groups is 1. The van der Waals surface area contributed by atoms with E-state index in [2.05, 4.69) is 6.92 Å². The van der Waals surface area contributed by atoms with Crippen molar-refractivity contribution in [3.8, 4) is 5.75 Å². The molecular formula is C17H26O4S. The maximum Gasteiger partial charge on any atom is 0.157 e. The Morgan fingerprint density at radius 1 is 1.27 bits per heavy atom. The number of hydrogen-bond donors (Lipinski definition) is 1.